The molecule has 65 heavy (non-hydrogen) atoms. The predicted octanol–water partition coefficient (Wildman–Crippen LogP) is 6.85. The number of amides is 4. The Bertz CT molecular complexity index is 2380. The van der Waals surface area contributed by atoms with Crippen LogP contribution < -0.4 is 20.7 Å². The molecule has 7 rings (SSSR count). The molecule has 4 atom stereocenters. The molecule has 0 unspecified atom stereocenters. The van der Waals surface area contributed by atoms with E-state index in [1.54, 1.807) is 54.7 Å². The summed E-state index contributed by atoms with van der Waals surface area (Å²) < 4.78 is 67.1. The van der Waals surface area contributed by atoms with Gasteiger partial charge in [0.25, 0.3) is 0 Å². The first-order valence-corrected chi connectivity index (χ1v) is 22.3. The number of fused-ring (bicyclic) bond motifs is 2. The molecular weight excluding hydrogens is 893 g/mol. The van der Waals surface area contributed by atoms with Gasteiger partial charge in [0, 0.05) is 53.8 Å². The molecule has 0 spiro atoms. The zero-order chi connectivity index (χ0) is 46.6. The van der Waals surface area contributed by atoms with Gasteiger partial charge in [-0.3, -0.25) is 19.2 Å². The van der Waals surface area contributed by atoms with Crippen LogP contribution in [-0.4, -0.2) is 97.6 Å². The Kier molecular flexibility index (Phi) is 14.8. The van der Waals surface area contributed by atoms with Gasteiger partial charge in [-0.2, -0.15) is 13.2 Å². The minimum Gasteiger partial charge on any atom is -0.457 e. The molecule has 2 aliphatic heterocycles. The van der Waals surface area contributed by atoms with Crippen molar-refractivity contribution in [2.45, 2.75) is 101 Å². The standard InChI is InChI=1S/C46H51Cl2F4N7O6/c1-27-42(62)55-37(25-60)43(63)56-45(20-28-7-11-31(47)12-8-28)15-4-16-58(26-45)44(64)30(21-46(50,51)52)17-41(61)59(27)24-35-36(49)18-32(48)19-39(35)65-34-13-9-29(10-14-34)38-22-54-40(57(38)2)23-53-33-5-3-6-33/h7-14,18-19,22,27,30,33,37,53,60H,3-6,15-17,20-21,23-26H2,1-2H3,(H,55,62)(H,56,63)/t27-,30-,37-,45+/m0/s1. The highest BCUT2D eigenvalue weighted by Gasteiger charge is 2.45. The lowest BCUT2D eigenvalue weighted by Crippen LogP contribution is -2.65. The van der Waals surface area contributed by atoms with E-state index < -0.39 is 85.2 Å². The summed E-state index contributed by atoms with van der Waals surface area (Å²) in [6.07, 6.45) is -1.59. The minimum atomic E-state index is -4.89. The molecule has 1 saturated carbocycles. The number of aliphatic hydroxyl groups is 1. The van der Waals surface area contributed by atoms with Gasteiger partial charge in [0.15, 0.2) is 0 Å². The van der Waals surface area contributed by atoms with Gasteiger partial charge in [-0.05, 0) is 93.1 Å². The second-order valence-electron chi connectivity index (χ2n) is 17.2. The molecule has 19 heteroatoms. The summed E-state index contributed by atoms with van der Waals surface area (Å²) in [4.78, 5) is 63.2. The third kappa shape index (κ3) is 11.6. The molecule has 3 aromatic carbocycles. The minimum absolute atomic E-state index is 0.0402. The van der Waals surface area contributed by atoms with Gasteiger partial charge in [-0.25, -0.2) is 9.37 Å². The molecule has 4 amide bonds. The van der Waals surface area contributed by atoms with Gasteiger partial charge in [-0.1, -0.05) is 41.8 Å². The fourth-order valence-corrected chi connectivity index (χ4v) is 9.00. The Morgan fingerprint density at radius 1 is 0.985 bits per heavy atom. The van der Waals surface area contributed by atoms with Crippen molar-refractivity contribution in [3.63, 3.8) is 0 Å². The summed E-state index contributed by atoms with van der Waals surface area (Å²) >= 11 is 12.4. The van der Waals surface area contributed by atoms with Gasteiger partial charge in [0.2, 0.25) is 23.6 Å². The van der Waals surface area contributed by atoms with E-state index in [2.05, 4.69) is 20.9 Å². The number of halogens is 6. The van der Waals surface area contributed by atoms with Crippen molar-refractivity contribution < 1.29 is 46.6 Å². The van der Waals surface area contributed by atoms with Crippen molar-refractivity contribution in [1.29, 1.82) is 0 Å². The highest BCUT2D eigenvalue weighted by atomic mass is 35.5. The number of hydrogen-bond donors (Lipinski definition) is 4. The number of ether oxygens (including phenoxy) is 1. The van der Waals surface area contributed by atoms with Crippen molar-refractivity contribution >= 4 is 46.8 Å². The first-order valence-electron chi connectivity index (χ1n) is 21.5. The van der Waals surface area contributed by atoms with E-state index in [1.807, 2.05) is 11.6 Å². The van der Waals surface area contributed by atoms with Crippen LogP contribution in [0.3, 0.4) is 0 Å². The van der Waals surface area contributed by atoms with Crippen LogP contribution >= 0.6 is 23.2 Å². The summed E-state index contributed by atoms with van der Waals surface area (Å²) in [5, 5.41) is 19.6. The van der Waals surface area contributed by atoms with E-state index in [0.29, 0.717) is 29.6 Å². The number of carbonyl (C=O) groups is 4. The average Bonchev–Trinajstić information content (AvgIpc) is 3.60. The number of benzene rings is 3. The molecule has 3 heterocycles. The van der Waals surface area contributed by atoms with Gasteiger partial charge < -0.3 is 40.2 Å². The van der Waals surface area contributed by atoms with Crippen molar-refractivity contribution in [2.75, 3.05) is 19.7 Å². The van der Waals surface area contributed by atoms with Crippen LogP contribution in [0.5, 0.6) is 11.5 Å². The van der Waals surface area contributed by atoms with Crippen LogP contribution in [0.25, 0.3) is 11.3 Å². The maximum atomic E-state index is 16.1. The van der Waals surface area contributed by atoms with Crippen molar-refractivity contribution in [3.05, 3.63) is 99.7 Å². The summed E-state index contributed by atoms with van der Waals surface area (Å²) in [6, 6.07) is 13.1. The number of aromatic nitrogens is 2. The zero-order valence-corrected chi connectivity index (χ0v) is 37.4. The second kappa shape index (κ2) is 20.1. The van der Waals surface area contributed by atoms with Crippen LogP contribution in [0.2, 0.25) is 10.0 Å². The number of rotatable bonds is 12. The van der Waals surface area contributed by atoms with Crippen molar-refractivity contribution in [3.8, 4) is 22.8 Å². The Morgan fingerprint density at radius 3 is 2.37 bits per heavy atom. The highest BCUT2D eigenvalue weighted by Crippen LogP contribution is 2.36. The SMILES string of the molecule is C[C@H]1C(=O)N[C@@H](CO)C(=O)N[C@@]2(Cc3ccc(Cl)cc3)CCCN(C2)C(=O)[C@H](CC(F)(F)F)CC(=O)N1Cc1c(F)cc(Cl)cc1Oc1ccc(-c2cnc(CNC3CCC3)n2C)cc1. The number of nitrogens with zero attached hydrogens (tertiary/aromatic N) is 4. The molecule has 1 aromatic heterocycles. The van der Waals surface area contributed by atoms with Gasteiger partial charge in [0.1, 0.15) is 35.2 Å². The smallest absolute Gasteiger partial charge is 0.389 e. The van der Waals surface area contributed by atoms with Gasteiger partial charge >= 0.3 is 6.18 Å². The molecule has 0 radical (unpaired) electrons. The first-order chi connectivity index (χ1) is 30.9. The van der Waals surface area contributed by atoms with E-state index in [0.717, 1.165) is 40.9 Å². The Labute approximate surface area is 383 Å². The largest absolute Gasteiger partial charge is 0.457 e. The van der Waals surface area contributed by atoms with Crippen LogP contribution in [0.15, 0.2) is 66.9 Å². The van der Waals surface area contributed by atoms with Gasteiger partial charge in [0.05, 0.1) is 49.5 Å². The summed E-state index contributed by atoms with van der Waals surface area (Å²) in [5.41, 5.74) is 0.834. The topological polar surface area (TPSA) is 158 Å². The van der Waals surface area contributed by atoms with Gasteiger partial charge in [-0.15, -0.1) is 0 Å². The third-order valence-corrected chi connectivity index (χ3v) is 13.0. The first kappa shape index (κ1) is 47.7. The Hall–Kier alpha value is -5.23. The maximum Gasteiger partial charge on any atom is 0.389 e. The van der Waals surface area contributed by atoms with E-state index in [9.17, 15) is 37.5 Å². The number of carbonyl (C=O) groups excluding carboxylic acids is 4. The third-order valence-electron chi connectivity index (χ3n) is 12.5. The molecule has 3 fully saturated rings. The molecule has 348 valence electrons. The average molecular weight is 945 g/mol. The number of alkyl halides is 3. The molecule has 2 saturated heterocycles. The lowest BCUT2D eigenvalue weighted by molar-refractivity contribution is -0.164. The maximum absolute atomic E-state index is 16.1. The van der Waals surface area contributed by atoms with Crippen molar-refractivity contribution in [2.24, 2.45) is 13.0 Å². The number of hydrogen-bond acceptors (Lipinski definition) is 8. The number of nitrogens with one attached hydrogen (secondary N) is 3. The normalized spacial score (nSPS) is 22.6. The quantitative estimate of drug-likeness (QED) is 0.112. The molecule has 4 N–H and O–H groups in total. The summed E-state index contributed by atoms with van der Waals surface area (Å²) in [7, 11) is 1.91. The fraction of sp³-hybridized carbons (Fsp3) is 0.457. The summed E-state index contributed by atoms with van der Waals surface area (Å²) in [5.74, 6) is -5.81. The second-order valence-corrected chi connectivity index (χ2v) is 18.1. The van der Waals surface area contributed by atoms with Crippen molar-refractivity contribution in [1.82, 2.24) is 35.3 Å². The molecule has 2 bridgehead atoms. The van der Waals surface area contributed by atoms with E-state index in [4.69, 9.17) is 27.9 Å². The number of aliphatic hydroxyl groups excluding tert-OH is 1. The van der Waals surface area contributed by atoms with E-state index in [-0.39, 0.29) is 48.0 Å². The molecular formula is C46H51Cl2F4N7O6. The zero-order valence-electron chi connectivity index (χ0n) is 35.9. The molecule has 1 aliphatic carbocycles. The fourth-order valence-electron chi connectivity index (χ4n) is 8.68. The predicted molar refractivity (Wildman–Crippen MR) is 234 cm³/mol. The highest BCUT2D eigenvalue weighted by molar-refractivity contribution is 6.31. The monoisotopic (exact) mass is 943 g/mol. The van der Waals surface area contributed by atoms with E-state index >= 15 is 4.39 Å². The van der Waals surface area contributed by atoms with E-state index in [1.165, 1.54) is 24.3 Å². The lowest BCUT2D eigenvalue weighted by atomic mass is 9.82. The number of imidazole rings is 1. The Balaban J connectivity index is 1.18. The van der Waals surface area contributed by atoms with Crippen LogP contribution in [0.4, 0.5) is 17.6 Å². The lowest BCUT2D eigenvalue weighted by Gasteiger charge is -2.45. The number of piperidine rings is 1. The van der Waals surface area contributed by atoms with Crippen LogP contribution in [0, 0.1) is 11.7 Å². The Morgan fingerprint density at radius 2 is 1.71 bits per heavy atom. The molecule has 13 nitrogen and oxygen atoms in total. The molecule has 3 aliphatic rings. The summed E-state index contributed by atoms with van der Waals surface area (Å²) in [6.45, 7) is 0.0759. The van der Waals surface area contributed by atoms with Crippen LogP contribution in [-0.2, 0) is 45.7 Å². The molecule has 4 aromatic rings. The van der Waals surface area contributed by atoms with Crippen LogP contribution in [0.1, 0.15) is 68.8 Å².